The maximum atomic E-state index is 14.2. The largest absolute Gasteiger partial charge is 0.347 e. The average Bonchev–Trinajstić information content (AvgIpc) is 3.49. The van der Waals surface area contributed by atoms with Crippen molar-refractivity contribution >= 4 is 58.8 Å². The monoisotopic (exact) mass is 712 g/mol. The highest BCUT2D eigenvalue weighted by atomic mass is 35.5. The number of fused-ring (bicyclic) bond motifs is 1. The van der Waals surface area contributed by atoms with Gasteiger partial charge in [-0.25, -0.2) is 0 Å². The van der Waals surface area contributed by atoms with Crippen molar-refractivity contribution in [3.8, 4) is 0 Å². The first-order chi connectivity index (χ1) is 23.3. The van der Waals surface area contributed by atoms with Gasteiger partial charge in [-0.15, -0.1) is 0 Å². The van der Waals surface area contributed by atoms with Gasteiger partial charge in [0.1, 0.15) is 24.2 Å². The molecule has 49 heavy (non-hydrogen) atoms. The number of hydrogen-bond acceptors (Lipinski definition) is 7. The van der Waals surface area contributed by atoms with E-state index in [4.69, 9.17) is 11.6 Å². The Morgan fingerprint density at radius 3 is 2.37 bits per heavy atom. The van der Waals surface area contributed by atoms with Crippen molar-refractivity contribution in [1.29, 1.82) is 0 Å². The fourth-order valence-corrected chi connectivity index (χ4v) is 6.68. The van der Waals surface area contributed by atoms with Gasteiger partial charge in [0.05, 0.1) is 23.0 Å². The lowest BCUT2D eigenvalue weighted by Gasteiger charge is -2.32. The molecule has 6 amide bonds. The Morgan fingerprint density at radius 2 is 1.69 bits per heavy atom. The number of carbonyl (C=O) groups excluding carboxylic acids is 6. The third kappa shape index (κ3) is 9.75. The molecule has 2 heterocycles. The van der Waals surface area contributed by atoms with Crippen LogP contribution in [0, 0.1) is 12.8 Å². The molecule has 0 radical (unpaired) electrons. The molecule has 2 aromatic rings. The molecule has 6 atom stereocenters. The Labute approximate surface area is 296 Å². The minimum Gasteiger partial charge on any atom is -0.347 e. The standard InChI is InChI=1S/C35H45ClN6O6S/c1-19(2)30-35(48)42-18-23(38-32(45)24-15-20(3)11-12-25(24)36)16-28(42)34(47)37-21(4)31(44)40-27(22-9-7-6-8-10-22)17-29(43)39-26(13-14-49-5)33(46)41-30/h6-12,15,19,21,23,26-28,30H,13-14,16-18H2,1-5H3,(H,37,47)(H,38,45)(H,39,43)(H,40,44)(H,41,46)/t21-,23-,26-,27-,28-,30-/m0/s1. The number of carbonyl (C=O) groups is 6. The Balaban J connectivity index is 1.68. The lowest BCUT2D eigenvalue weighted by atomic mass is 10.0. The van der Waals surface area contributed by atoms with Crippen LogP contribution in [0.4, 0.5) is 0 Å². The van der Waals surface area contributed by atoms with Gasteiger partial charge in [-0.2, -0.15) is 11.8 Å². The summed E-state index contributed by atoms with van der Waals surface area (Å²) >= 11 is 7.82. The molecule has 0 aliphatic carbocycles. The van der Waals surface area contributed by atoms with Crippen molar-refractivity contribution in [3.63, 3.8) is 0 Å². The molecule has 0 unspecified atom stereocenters. The molecule has 2 saturated heterocycles. The predicted molar refractivity (Wildman–Crippen MR) is 189 cm³/mol. The van der Waals surface area contributed by atoms with Crippen LogP contribution >= 0.6 is 23.4 Å². The quantitative estimate of drug-likeness (QED) is 0.294. The maximum absolute atomic E-state index is 14.2. The van der Waals surface area contributed by atoms with E-state index in [1.54, 1.807) is 56.3 Å². The number of benzene rings is 2. The van der Waals surface area contributed by atoms with Gasteiger partial charge in [0.2, 0.25) is 29.5 Å². The second kappa shape index (κ2) is 17.0. The van der Waals surface area contributed by atoms with Crippen LogP contribution in [0.5, 0.6) is 0 Å². The molecular formula is C35H45ClN6O6S. The number of thioether (sulfide) groups is 1. The van der Waals surface area contributed by atoms with Gasteiger partial charge in [0.25, 0.3) is 5.91 Å². The lowest BCUT2D eigenvalue weighted by molar-refractivity contribution is -0.143. The molecule has 0 saturated carbocycles. The molecule has 2 fully saturated rings. The van der Waals surface area contributed by atoms with E-state index in [9.17, 15) is 28.8 Å². The topological polar surface area (TPSA) is 166 Å². The molecule has 2 aromatic carbocycles. The first kappa shape index (κ1) is 37.7. The average molecular weight is 713 g/mol. The highest BCUT2D eigenvalue weighted by molar-refractivity contribution is 7.98. The molecule has 0 bridgehead atoms. The van der Waals surface area contributed by atoms with Crippen molar-refractivity contribution in [2.75, 3.05) is 18.6 Å². The zero-order valence-electron chi connectivity index (χ0n) is 28.4. The van der Waals surface area contributed by atoms with Gasteiger partial charge in [-0.05, 0) is 62.3 Å². The van der Waals surface area contributed by atoms with Crippen molar-refractivity contribution in [2.45, 2.75) is 83.2 Å². The molecule has 0 spiro atoms. The van der Waals surface area contributed by atoms with E-state index in [0.29, 0.717) is 17.7 Å². The molecular weight excluding hydrogens is 668 g/mol. The summed E-state index contributed by atoms with van der Waals surface area (Å²) in [4.78, 5) is 83.2. The van der Waals surface area contributed by atoms with Gasteiger partial charge >= 0.3 is 0 Å². The second-order valence-electron chi connectivity index (χ2n) is 12.9. The summed E-state index contributed by atoms with van der Waals surface area (Å²) in [5, 5.41) is 14.4. The zero-order valence-corrected chi connectivity index (χ0v) is 30.0. The van der Waals surface area contributed by atoms with E-state index < -0.39 is 71.7 Å². The van der Waals surface area contributed by atoms with Crippen LogP contribution in [0.2, 0.25) is 5.02 Å². The van der Waals surface area contributed by atoms with E-state index in [0.717, 1.165) is 5.56 Å². The third-order valence-electron chi connectivity index (χ3n) is 8.74. The Kier molecular flexibility index (Phi) is 13.1. The molecule has 4 rings (SSSR count). The van der Waals surface area contributed by atoms with E-state index in [2.05, 4.69) is 26.6 Å². The van der Waals surface area contributed by atoms with Gasteiger partial charge in [-0.3, -0.25) is 28.8 Å². The summed E-state index contributed by atoms with van der Waals surface area (Å²) < 4.78 is 0. The minimum absolute atomic E-state index is 0.0194. The normalized spacial score (nSPS) is 25.6. The van der Waals surface area contributed by atoms with Crippen LogP contribution in [0.15, 0.2) is 48.5 Å². The number of nitrogens with one attached hydrogen (secondary N) is 5. The van der Waals surface area contributed by atoms with E-state index in [1.807, 2.05) is 19.2 Å². The summed E-state index contributed by atoms with van der Waals surface area (Å²) in [5.74, 6) is -2.90. The number of rotatable bonds is 7. The number of aryl methyl sites for hydroxylation is 1. The molecule has 5 N–H and O–H groups in total. The summed E-state index contributed by atoms with van der Waals surface area (Å²) in [6, 6.07) is 8.60. The summed E-state index contributed by atoms with van der Waals surface area (Å²) in [7, 11) is 0. The highest BCUT2D eigenvalue weighted by Crippen LogP contribution is 2.24. The summed E-state index contributed by atoms with van der Waals surface area (Å²) in [5.41, 5.74) is 1.78. The minimum atomic E-state index is -1.05. The van der Waals surface area contributed by atoms with Crippen LogP contribution in [0.25, 0.3) is 0 Å². The van der Waals surface area contributed by atoms with Crippen LogP contribution in [0.3, 0.4) is 0 Å². The number of halogens is 1. The van der Waals surface area contributed by atoms with Gasteiger partial charge < -0.3 is 31.5 Å². The molecule has 12 nitrogen and oxygen atoms in total. The summed E-state index contributed by atoms with van der Waals surface area (Å²) in [6.45, 7) is 6.89. The van der Waals surface area contributed by atoms with Crippen molar-refractivity contribution in [1.82, 2.24) is 31.5 Å². The van der Waals surface area contributed by atoms with Gasteiger partial charge in [-0.1, -0.05) is 67.4 Å². The number of amides is 6. The molecule has 2 aliphatic rings. The molecule has 0 aromatic heterocycles. The second-order valence-corrected chi connectivity index (χ2v) is 14.3. The zero-order chi connectivity index (χ0) is 35.8. The van der Waals surface area contributed by atoms with Crippen molar-refractivity contribution < 1.29 is 28.8 Å². The Morgan fingerprint density at radius 1 is 0.980 bits per heavy atom. The molecule has 264 valence electrons. The van der Waals surface area contributed by atoms with E-state index in [-0.39, 0.29) is 35.9 Å². The van der Waals surface area contributed by atoms with Crippen molar-refractivity contribution in [2.24, 2.45) is 5.92 Å². The van der Waals surface area contributed by atoms with E-state index in [1.165, 1.54) is 23.6 Å². The summed E-state index contributed by atoms with van der Waals surface area (Å²) in [6.07, 6.45) is 2.10. The van der Waals surface area contributed by atoms with Gasteiger partial charge in [0.15, 0.2) is 0 Å². The van der Waals surface area contributed by atoms with Crippen LogP contribution in [-0.4, -0.2) is 89.1 Å². The third-order valence-corrected chi connectivity index (χ3v) is 9.71. The fraction of sp³-hybridized carbons (Fsp3) is 0.486. The van der Waals surface area contributed by atoms with Crippen molar-refractivity contribution in [3.05, 3.63) is 70.2 Å². The number of hydrogen-bond donors (Lipinski definition) is 5. The molecule has 14 heteroatoms. The first-order valence-electron chi connectivity index (χ1n) is 16.4. The predicted octanol–water partition coefficient (Wildman–Crippen LogP) is 2.49. The van der Waals surface area contributed by atoms with Gasteiger partial charge in [0, 0.05) is 12.6 Å². The SMILES string of the molecule is CSCC[C@@H]1NC(=O)C[C@@H](c2ccccc2)NC(=O)[C@H](C)NC(=O)[C@@H]2C[C@H](NC(=O)c3cc(C)ccc3Cl)CN2C(=O)[C@H](C(C)C)NC1=O. The lowest BCUT2D eigenvalue weighted by Crippen LogP contribution is -2.59. The Bertz CT molecular complexity index is 1560. The molecule has 2 aliphatic heterocycles. The number of nitrogens with zero attached hydrogens (tertiary/aromatic N) is 1. The fourth-order valence-electron chi connectivity index (χ4n) is 6.01. The van der Waals surface area contributed by atoms with E-state index >= 15 is 0 Å². The highest BCUT2D eigenvalue weighted by Gasteiger charge is 2.44. The smallest absolute Gasteiger partial charge is 0.253 e. The van der Waals surface area contributed by atoms with Crippen LogP contribution in [0.1, 0.15) is 67.6 Å². The Hall–Kier alpha value is -4.10. The maximum Gasteiger partial charge on any atom is 0.253 e. The van der Waals surface area contributed by atoms with Crippen LogP contribution < -0.4 is 26.6 Å². The van der Waals surface area contributed by atoms with Crippen LogP contribution in [-0.2, 0) is 24.0 Å². The first-order valence-corrected chi connectivity index (χ1v) is 18.2.